The molecule has 2 heterocycles. The average Bonchev–Trinajstić information content (AvgIpc) is 2.85. The van der Waals surface area contributed by atoms with Crippen LogP contribution in [0.2, 0.25) is 0 Å². The molecule has 8 heteroatoms. The van der Waals surface area contributed by atoms with Gasteiger partial charge >= 0.3 is 10.2 Å². The SMILES string of the molecule is CCn1cc(NS(=O)(=O)N2CCC(CN)CC2)cn1. The molecule has 1 fully saturated rings. The van der Waals surface area contributed by atoms with Crippen molar-refractivity contribution >= 4 is 15.9 Å². The molecule has 1 aliphatic heterocycles. The number of nitrogens with one attached hydrogen (secondary N) is 1. The summed E-state index contributed by atoms with van der Waals surface area (Å²) in [6.07, 6.45) is 4.86. The fraction of sp³-hybridized carbons (Fsp3) is 0.727. The number of rotatable bonds is 5. The highest BCUT2D eigenvalue weighted by atomic mass is 32.2. The average molecular weight is 287 g/mol. The van der Waals surface area contributed by atoms with Crippen LogP contribution >= 0.6 is 0 Å². The lowest BCUT2D eigenvalue weighted by Crippen LogP contribution is -2.42. The van der Waals surface area contributed by atoms with Gasteiger partial charge in [-0.1, -0.05) is 0 Å². The number of anilines is 1. The first-order chi connectivity index (χ1) is 9.05. The van der Waals surface area contributed by atoms with Crippen molar-refractivity contribution in [2.75, 3.05) is 24.4 Å². The highest BCUT2D eigenvalue weighted by molar-refractivity contribution is 7.90. The van der Waals surface area contributed by atoms with E-state index >= 15 is 0 Å². The Morgan fingerprint density at radius 2 is 2.16 bits per heavy atom. The van der Waals surface area contributed by atoms with Gasteiger partial charge in [-0.3, -0.25) is 9.40 Å². The van der Waals surface area contributed by atoms with Crippen LogP contribution in [-0.2, 0) is 16.8 Å². The molecular formula is C11H21N5O2S. The molecular weight excluding hydrogens is 266 g/mol. The van der Waals surface area contributed by atoms with Crippen LogP contribution in [0, 0.1) is 5.92 Å². The van der Waals surface area contributed by atoms with Crippen molar-refractivity contribution in [3.63, 3.8) is 0 Å². The second-order valence-electron chi connectivity index (χ2n) is 4.77. The summed E-state index contributed by atoms with van der Waals surface area (Å²) in [4.78, 5) is 0. The molecule has 0 aromatic carbocycles. The van der Waals surface area contributed by atoms with E-state index in [0.29, 0.717) is 37.8 Å². The fourth-order valence-corrected chi connectivity index (χ4v) is 3.41. The molecule has 1 saturated heterocycles. The predicted octanol–water partition coefficient (Wildman–Crippen LogP) is 0.230. The zero-order chi connectivity index (χ0) is 13.9. The lowest BCUT2D eigenvalue weighted by Gasteiger charge is -2.30. The Balaban J connectivity index is 1.98. The molecule has 0 radical (unpaired) electrons. The van der Waals surface area contributed by atoms with E-state index in [-0.39, 0.29) is 0 Å². The normalized spacial score (nSPS) is 18.6. The lowest BCUT2D eigenvalue weighted by atomic mass is 9.99. The second-order valence-corrected chi connectivity index (χ2v) is 6.44. The van der Waals surface area contributed by atoms with E-state index in [1.165, 1.54) is 10.5 Å². The van der Waals surface area contributed by atoms with Crippen molar-refractivity contribution in [3.05, 3.63) is 12.4 Å². The van der Waals surface area contributed by atoms with Gasteiger partial charge in [0.05, 0.1) is 11.9 Å². The topological polar surface area (TPSA) is 93.2 Å². The maximum absolute atomic E-state index is 12.2. The number of nitrogens with zero attached hydrogens (tertiary/aromatic N) is 3. The Kier molecular flexibility index (Phi) is 4.43. The van der Waals surface area contributed by atoms with Crippen LogP contribution in [-0.4, -0.2) is 42.1 Å². The monoisotopic (exact) mass is 287 g/mol. The van der Waals surface area contributed by atoms with E-state index < -0.39 is 10.2 Å². The minimum Gasteiger partial charge on any atom is -0.330 e. The van der Waals surface area contributed by atoms with Gasteiger partial charge in [-0.05, 0) is 32.2 Å². The molecule has 1 aromatic rings. The van der Waals surface area contributed by atoms with Crippen molar-refractivity contribution in [2.45, 2.75) is 26.3 Å². The lowest BCUT2D eigenvalue weighted by molar-refractivity contribution is 0.280. The molecule has 0 bridgehead atoms. The van der Waals surface area contributed by atoms with Crippen LogP contribution in [0.15, 0.2) is 12.4 Å². The van der Waals surface area contributed by atoms with E-state index in [1.807, 2.05) is 6.92 Å². The van der Waals surface area contributed by atoms with E-state index in [2.05, 4.69) is 9.82 Å². The minimum absolute atomic E-state index is 0.439. The third kappa shape index (κ3) is 3.46. The number of aryl methyl sites for hydroxylation is 1. The molecule has 2 rings (SSSR count). The number of piperidine rings is 1. The van der Waals surface area contributed by atoms with Crippen LogP contribution in [0.5, 0.6) is 0 Å². The number of nitrogens with two attached hydrogens (primary N) is 1. The van der Waals surface area contributed by atoms with E-state index in [0.717, 1.165) is 12.8 Å². The summed E-state index contributed by atoms with van der Waals surface area (Å²) in [5.41, 5.74) is 6.11. The molecule has 7 nitrogen and oxygen atoms in total. The summed E-state index contributed by atoms with van der Waals surface area (Å²) in [6.45, 7) is 4.34. The number of aromatic nitrogens is 2. The summed E-state index contributed by atoms with van der Waals surface area (Å²) in [5, 5.41) is 4.04. The van der Waals surface area contributed by atoms with Gasteiger partial charge in [0.25, 0.3) is 0 Å². The third-order valence-electron chi connectivity index (χ3n) is 3.45. The van der Waals surface area contributed by atoms with E-state index in [9.17, 15) is 8.42 Å². The van der Waals surface area contributed by atoms with E-state index in [1.54, 1.807) is 10.9 Å². The van der Waals surface area contributed by atoms with Crippen LogP contribution < -0.4 is 10.5 Å². The van der Waals surface area contributed by atoms with Crippen molar-refractivity contribution < 1.29 is 8.42 Å². The molecule has 0 unspecified atom stereocenters. The zero-order valence-electron chi connectivity index (χ0n) is 11.1. The van der Waals surface area contributed by atoms with Gasteiger partial charge in [-0.25, -0.2) is 0 Å². The molecule has 1 aromatic heterocycles. The minimum atomic E-state index is -3.47. The standard InChI is InChI=1S/C11H21N5O2S/c1-2-15-9-11(8-13-15)14-19(17,18)16-5-3-10(7-12)4-6-16/h8-10,14H,2-7,12H2,1H3. The first-order valence-electron chi connectivity index (χ1n) is 6.55. The molecule has 108 valence electrons. The van der Waals surface area contributed by atoms with Gasteiger partial charge in [-0.15, -0.1) is 0 Å². The third-order valence-corrected chi connectivity index (χ3v) is 4.99. The molecule has 1 aliphatic rings. The Morgan fingerprint density at radius 1 is 1.47 bits per heavy atom. The maximum atomic E-state index is 12.2. The Morgan fingerprint density at radius 3 is 2.68 bits per heavy atom. The molecule has 0 saturated carbocycles. The summed E-state index contributed by atoms with van der Waals surface area (Å²) in [7, 11) is -3.47. The quantitative estimate of drug-likeness (QED) is 0.810. The smallest absolute Gasteiger partial charge is 0.301 e. The highest BCUT2D eigenvalue weighted by Gasteiger charge is 2.27. The maximum Gasteiger partial charge on any atom is 0.301 e. The van der Waals surface area contributed by atoms with Crippen LogP contribution in [0.3, 0.4) is 0 Å². The largest absolute Gasteiger partial charge is 0.330 e. The highest BCUT2D eigenvalue weighted by Crippen LogP contribution is 2.19. The summed E-state index contributed by atoms with van der Waals surface area (Å²) < 4.78 is 30.1. The van der Waals surface area contributed by atoms with Gasteiger partial charge in [0, 0.05) is 25.8 Å². The Bertz CT molecular complexity index is 505. The van der Waals surface area contributed by atoms with Gasteiger partial charge in [-0.2, -0.15) is 17.8 Å². The van der Waals surface area contributed by atoms with E-state index in [4.69, 9.17) is 5.73 Å². The summed E-state index contributed by atoms with van der Waals surface area (Å²) in [6, 6.07) is 0. The Hall–Kier alpha value is -1.12. The summed E-state index contributed by atoms with van der Waals surface area (Å²) >= 11 is 0. The van der Waals surface area contributed by atoms with Crippen LogP contribution in [0.1, 0.15) is 19.8 Å². The Labute approximate surface area is 113 Å². The molecule has 0 spiro atoms. The van der Waals surface area contributed by atoms with Gasteiger partial charge in [0.1, 0.15) is 0 Å². The summed E-state index contributed by atoms with van der Waals surface area (Å²) in [5.74, 6) is 0.439. The second kappa shape index (κ2) is 5.89. The molecule has 0 atom stereocenters. The first kappa shape index (κ1) is 14.3. The zero-order valence-corrected chi connectivity index (χ0v) is 11.9. The molecule has 3 N–H and O–H groups in total. The molecule has 19 heavy (non-hydrogen) atoms. The number of hydrogen-bond donors (Lipinski definition) is 2. The number of hydrogen-bond acceptors (Lipinski definition) is 4. The predicted molar refractivity (Wildman–Crippen MR) is 73.8 cm³/mol. The van der Waals surface area contributed by atoms with Gasteiger partial charge in [0.15, 0.2) is 0 Å². The first-order valence-corrected chi connectivity index (χ1v) is 7.99. The molecule has 0 amide bonds. The van der Waals surface area contributed by atoms with Crippen molar-refractivity contribution in [2.24, 2.45) is 11.7 Å². The van der Waals surface area contributed by atoms with Gasteiger partial charge < -0.3 is 5.73 Å². The van der Waals surface area contributed by atoms with Crippen molar-refractivity contribution in [1.29, 1.82) is 0 Å². The van der Waals surface area contributed by atoms with Crippen LogP contribution in [0.25, 0.3) is 0 Å². The van der Waals surface area contributed by atoms with Crippen LogP contribution in [0.4, 0.5) is 5.69 Å². The van der Waals surface area contributed by atoms with Crippen molar-refractivity contribution in [1.82, 2.24) is 14.1 Å². The van der Waals surface area contributed by atoms with Gasteiger partial charge in [0.2, 0.25) is 0 Å². The van der Waals surface area contributed by atoms with Crippen molar-refractivity contribution in [3.8, 4) is 0 Å². The fourth-order valence-electron chi connectivity index (χ4n) is 2.19. The molecule has 0 aliphatic carbocycles.